The van der Waals surface area contributed by atoms with Crippen molar-refractivity contribution in [2.45, 2.75) is 43.9 Å². The quantitative estimate of drug-likeness (QED) is 0.618. The van der Waals surface area contributed by atoms with E-state index in [2.05, 4.69) is 19.9 Å². The number of hydrogen-bond donors (Lipinski definition) is 1. The molecule has 3 aliphatic heterocycles. The lowest BCUT2D eigenvalue weighted by atomic mass is 10.1. The molecule has 1 saturated heterocycles. The van der Waals surface area contributed by atoms with Crippen LogP contribution in [0.2, 0.25) is 0 Å². The zero-order valence-electron chi connectivity index (χ0n) is 19.0. The Kier molecular flexibility index (Phi) is 6.37. The number of aromatic nitrogens is 1. The molecule has 190 valence electrons. The van der Waals surface area contributed by atoms with Crippen molar-refractivity contribution in [1.82, 2.24) is 9.88 Å². The summed E-state index contributed by atoms with van der Waals surface area (Å²) in [6.45, 7) is 1.94. The Morgan fingerprint density at radius 1 is 1.08 bits per heavy atom. The number of likely N-dealkylation sites (tertiary alicyclic amines) is 1. The molecule has 5 rings (SSSR count). The van der Waals surface area contributed by atoms with E-state index in [9.17, 15) is 22.0 Å². The van der Waals surface area contributed by atoms with E-state index in [1.54, 1.807) is 12.3 Å². The zero-order chi connectivity index (χ0) is 25.4. The number of anilines is 2. The van der Waals surface area contributed by atoms with Crippen LogP contribution in [0.1, 0.15) is 18.4 Å². The highest BCUT2D eigenvalue weighted by Crippen LogP contribution is 2.38. The van der Waals surface area contributed by atoms with Crippen LogP contribution in [0.25, 0.3) is 0 Å². The second-order valence-electron chi connectivity index (χ2n) is 8.83. The highest BCUT2D eigenvalue weighted by molar-refractivity contribution is 6.04. The van der Waals surface area contributed by atoms with Gasteiger partial charge in [-0.3, -0.25) is 19.8 Å². The van der Waals surface area contributed by atoms with Gasteiger partial charge in [-0.25, -0.2) is 13.8 Å². The average molecular weight is 506 g/mol. The van der Waals surface area contributed by atoms with Gasteiger partial charge in [0.15, 0.2) is 23.5 Å². The van der Waals surface area contributed by atoms with E-state index in [1.165, 1.54) is 18.4 Å². The van der Waals surface area contributed by atoms with Gasteiger partial charge in [-0.1, -0.05) is 6.08 Å². The van der Waals surface area contributed by atoms with E-state index in [4.69, 9.17) is 10.5 Å². The lowest BCUT2D eigenvalue weighted by Crippen LogP contribution is -2.44. The number of benzene rings is 1. The van der Waals surface area contributed by atoms with Crippen LogP contribution in [0.3, 0.4) is 0 Å². The third-order valence-electron chi connectivity index (χ3n) is 6.29. The third kappa shape index (κ3) is 4.90. The zero-order valence-corrected chi connectivity index (χ0v) is 19.0. The van der Waals surface area contributed by atoms with Crippen molar-refractivity contribution >= 4 is 23.6 Å². The highest BCUT2D eigenvalue weighted by atomic mass is 19.4. The van der Waals surface area contributed by atoms with Crippen LogP contribution in [0.4, 0.5) is 33.5 Å². The summed E-state index contributed by atoms with van der Waals surface area (Å²) < 4.78 is 76.5. The van der Waals surface area contributed by atoms with E-state index in [1.807, 2.05) is 6.07 Å². The number of halogens is 5. The first-order chi connectivity index (χ1) is 17.2. The number of rotatable bonds is 5. The van der Waals surface area contributed by atoms with Gasteiger partial charge in [0.1, 0.15) is 18.0 Å². The maximum Gasteiger partial charge on any atom is 0.449 e. The molecule has 7 nitrogen and oxygen atoms in total. The molecule has 0 bridgehead atoms. The fourth-order valence-corrected chi connectivity index (χ4v) is 4.63. The molecule has 12 heteroatoms. The summed E-state index contributed by atoms with van der Waals surface area (Å²) in [5, 5.41) is 0. The summed E-state index contributed by atoms with van der Waals surface area (Å²) in [6, 6.07) is 4.43. The molecule has 0 saturated carbocycles. The summed E-state index contributed by atoms with van der Waals surface area (Å²) in [5.74, 6) is -3.59. The molecule has 1 aromatic carbocycles. The standard InChI is InChI=1S/C24H23F5N6O/c25-17-11-15(35-22-19(2-1-6-32-22)33-23(35)24(27,28)29)12-18(26)21(17)36-16-4-8-34(9-5-16)13-14-3-7-31-20(30)10-14/h1-3,6-7,10-12,16,19,22H,4-5,8-9,13H2,(H2,30,31). The minimum atomic E-state index is -4.82. The molecule has 36 heavy (non-hydrogen) atoms. The Morgan fingerprint density at radius 2 is 1.81 bits per heavy atom. The van der Waals surface area contributed by atoms with E-state index in [0.717, 1.165) is 17.7 Å². The molecule has 0 radical (unpaired) electrons. The number of hydrogen-bond acceptors (Lipinski definition) is 7. The lowest BCUT2D eigenvalue weighted by Gasteiger charge is -2.32. The lowest BCUT2D eigenvalue weighted by molar-refractivity contribution is -0.0598. The van der Waals surface area contributed by atoms with Gasteiger partial charge in [0, 0.05) is 44.2 Å². The van der Waals surface area contributed by atoms with E-state index in [-0.39, 0.29) is 5.69 Å². The molecule has 4 heterocycles. The second kappa shape index (κ2) is 9.49. The number of nitrogens with two attached hydrogens (primary N) is 1. The monoisotopic (exact) mass is 506 g/mol. The number of fused-ring (bicyclic) bond motifs is 1. The Balaban J connectivity index is 1.28. The molecule has 2 N–H and O–H groups in total. The van der Waals surface area contributed by atoms with Crippen LogP contribution < -0.4 is 15.4 Å². The normalized spacial score (nSPS) is 22.6. The third-order valence-corrected chi connectivity index (χ3v) is 6.29. The predicted octanol–water partition coefficient (Wildman–Crippen LogP) is 4.10. The molecular formula is C24H23F5N6O. The molecule has 1 aromatic heterocycles. The van der Waals surface area contributed by atoms with Crippen molar-refractivity contribution in [2.75, 3.05) is 23.7 Å². The second-order valence-corrected chi connectivity index (χ2v) is 8.83. The van der Waals surface area contributed by atoms with Crippen molar-refractivity contribution in [3.05, 3.63) is 59.8 Å². The van der Waals surface area contributed by atoms with E-state index < -0.39 is 47.7 Å². The van der Waals surface area contributed by atoms with Gasteiger partial charge in [-0.2, -0.15) is 13.2 Å². The minimum absolute atomic E-state index is 0.334. The number of pyridine rings is 1. The van der Waals surface area contributed by atoms with Crippen LogP contribution >= 0.6 is 0 Å². The number of nitrogens with zero attached hydrogens (tertiary/aromatic N) is 5. The number of ether oxygens (including phenoxy) is 1. The summed E-state index contributed by atoms with van der Waals surface area (Å²) in [5.41, 5.74) is 6.39. The first-order valence-electron chi connectivity index (χ1n) is 11.4. The van der Waals surface area contributed by atoms with Crippen LogP contribution in [0, 0.1) is 11.6 Å². The Morgan fingerprint density at radius 3 is 2.47 bits per heavy atom. The molecule has 3 aliphatic rings. The van der Waals surface area contributed by atoms with Crippen molar-refractivity contribution in [2.24, 2.45) is 9.98 Å². The van der Waals surface area contributed by atoms with E-state index >= 15 is 0 Å². The number of nitrogen functional groups attached to an aromatic ring is 1. The van der Waals surface area contributed by atoms with Gasteiger partial charge in [-0.05, 0) is 36.6 Å². The fourth-order valence-electron chi connectivity index (χ4n) is 4.63. The molecule has 0 spiro atoms. The molecule has 2 atom stereocenters. The van der Waals surface area contributed by atoms with Crippen LogP contribution in [0.5, 0.6) is 5.75 Å². The van der Waals surface area contributed by atoms with Crippen LogP contribution in [0.15, 0.2) is 52.6 Å². The Bertz CT molecular complexity index is 1200. The van der Waals surface area contributed by atoms with Crippen LogP contribution in [-0.2, 0) is 6.54 Å². The number of aliphatic imine (C=N–C) groups is 2. The molecule has 2 aromatic rings. The first-order valence-corrected chi connectivity index (χ1v) is 11.4. The maximum atomic E-state index is 15.0. The minimum Gasteiger partial charge on any atom is -0.484 e. The number of amidine groups is 1. The summed E-state index contributed by atoms with van der Waals surface area (Å²) >= 11 is 0. The van der Waals surface area contributed by atoms with Gasteiger partial charge in [0.25, 0.3) is 0 Å². The summed E-state index contributed by atoms with van der Waals surface area (Å²) in [6.07, 6.45) is 0.654. The molecule has 1 fully saturated rings. The Hall–Kier alpha value is -3.54. The van der Waals surface area contributed by atoms with Crippen molar-refractivity contribution < 1.29 is 26.7 Å². The van der Waals surface area contributed by atoms with Crippen molar-refractivity contribution in [3.63, 3.8) is 0 Å². The molecule has 0 amide bonds. The Labute approximate surface area is 203 Å². The summed E-state index contributed by atoms with van der Waals surface area (Å²) in [7, 11) is 0. The largest absolute Gasteiger partial charge is 0.484 e. The van der Waals surface area contributed by atoms with Gasteiger partial charge in [0.2, 0.25) is 5.84 Å². The predicted molar refractivity (Wildman–Crippen MR) is 125 cm³/mol. The summed E-state index contributed by atoms with van der Waals surface area (Å²) in [4.78, 5) is 14.6. The molecular weight excluding hydrogens is 483 g/mol. The topological polar surface area (TPSA) is 79.3 Å². The highest BCUT2D eigenvalue weighted by Gasteiger charge is 2.49. The molecule has 2 unspecified atom stereocenters. The fraction of sp³-hybridized carbons (Fsp3) is 0.375. The van der Waals surface area contributed by atoms with Crippen molar-refractivity contribution in [1.29, 1.82) is 0 Å². The first kappa shape index (κ1) is 24.2. The van der Waals surface area contributed by atoms with E-state index in [0.29, 0.717) is 43.2 Å². The van der Waals surface area contributed by atoms with Crippen molar-refractivity contribution in [3.8, 4) is 5.75 Å². The molecule has 0 aliphatic carbocycles. The smallest absolute Gasteiger partial charge is 0.449 e. The SMILES string of the molecule is Nc1cc(CN2CCC(Oc3c(F)cc(N4C(C(F)(F)F)=NC5C=CC=NC54)cc3F)CC2)ccn1. The number of dihydropyridines is 1. The maximum absolute atomic E-state index is 15.0. The number of alkyl halides is 3. The van der Waals surface area contributed by atoms with Gasteiger partial charge >= 0.3 is 6.18 Å². The van der Waals surface area contributed by atoms with Crippen LogP contribution in [-0.4, -0.2) is 59.5 Å². The van der Waals surface area contributed by atoms with Gasteiger partial charge < -0.3 is 10.5 Å². The van der Waals surface area contributed by atoms with Gasteiger partial charge in [0.05, 0.1) is 5.69 Å². The number of piperidine rings is 1. The van der Waals surface area contributed by atoms with Gasteiger partial charge in [-0.15, -0.1) is 0 Å². The average Bonchev–Trinajstić information content (AvgIpc) is 3.23. The number of allylic oxidation sites excluding steroid dienone is 1.